The van der Waals surface area contributed by atoms with Gasteiger partial charge in [0.05, 0.1) is 12.2 Å². The fourth-order valence-corrected chi connectivity index (χ4v) is 10.7. The van der Waals surface area contributed by atoms with E-state index < -0.39 is 0 Å². The van der Waals surface area contributed by atoms with Crippen molar-refractivity contribution < 1.29 is 14.9 Å². The summed E-state index contributed by atoms with van der Waals surface area (Å²) in [7, 11) is 0. The van der Waals surface area contributed by atoms with Gasteiger partial charge in [0.15, 0.2) is 0 Å². The lowest BCUT2D eigenvalue weighted by Crippen LogP contribution is -2.63. The highest BCUT2D eigenvalue weighted by molar-refractivity contribution is 5.27. The second-order valence-corrected chi connectivity index (χ2v) is 14.2. The monoisotopic (exact) mass is 444 g/mol. The Morgan fingerprint density at radius 3 is 2.38 bits per heavy atom. The van der Waals surface area contributed by atoms with Crippen molar-refractivity contribution in [2.24, 2.45) is 58.2 Å². The summed E-state index contributed by atoms with van der Waals surface area (Å²) in [6, 6.07) is 0. The average molecular weight is 445 g/mol. The molecular formula is C29H48O3. The molecule has 182 valence electrons. The van der Waals surface area contributed by atoms with Gasteiger partial charge in [-0.25, -0.2) is 0 Å². The Balaban J connectivity index is 1.20. The van der Waals surface area contributed by atoms with E-state index in [2.05, 4.69) is 34.6 Å². The van der Waals surface area contributed by atoms with E-state index in [1.807, 2.05) is 0 Å². The zero-order chi connectivity index (χ0) is 22.6. The largest absolute Gasteiger partial charge is 0.393 e. The number of fused-ring (bicyclic) bond motifs is 4. The van der Waals surface area contributed by atoms with Crippen LogP contribution in [0.5, 0.6) is 0 Å². The third kappa shape index (κ3) is 2.89. The smallest absolute Gasteiger partial charge is 0.114 e. The van der Waals surface area contributed by atoms with Gasteiger partial charge in [-0.05, 0) is 97.7 Å². The topological polar surface area (TPSA) is 53.0 Å². The summed E-state index contributed by atoms with van der Waals surface area (Å²) in [4.78, 5) is 0. The number of aliphatic hydroxyl groups is 2. The number of rotatable bonds is 5. The number of hydrogen-bond acceptors (Lipinski definition) is 3. The van der Waals surface area contributed by atoms with Crippen LogP contribution in [-0.4, -0.2) is 34.1 Å². The van der Waals surface area contributed by atoms with Crippen molar-refractivity contribution in [3.8, 4) is 0 Å². The minimum atomic E-state index is -0.326. The molecule has 0 radical (unpaired) electrons. The lowest BCUT2D eigenvalue weighted by Gasteiger charge is -2.60. The van der Waals surface area contributed by atoms with Crippen molar-refractivity contribution in [3.05, 3.63) is 0 Å². The number of hydrogen-bond donors (Lipinski definition) is 2. The summed E-state index contributed by atoms with van der Waals surface area (Å²) in [6.07, 6.45) is 11.6. The lowest BCUT2D eigenvalue weighted by molar-refractivity contribution is -0.151. The molecule has 0 aromatic rings. The van der Waals surface area contributed by atoms with Crippen molar-refractivity contribution >= 4 is 0 Å². The lowest BCUT2D eigenvalue weighted by atomic mass is 9.43. The van der Waals surface area contributed by atoms with Crippen LogP contribution < -0.4 is 0 Å². The molecule has 5 aliphatic carbocycles. The molecule has 6 rings (SSSR count). The Morgan fingerprint density at radius 1 is 0.938 bits per heavy atom. The van der Waals surface area contributed by atoms with Crippen molar-refractivity contribution in [3.63, 3.8) is 0 Å². The van der Waals surface area contributed by atoms with Crippen molar-refractivity contribution in [1.82, 2.24) is 0 Å². The fraction of sp³-hybridized carbons (Fsp3) is 1.00. The molecule has 3 heteroatoms. The number of aliphatic hydroxyl groups excluding tert-OH is 2. The first kappa shape index (κ1) is 22.4. The maximum Gasteiger partial charge on any atom is 0.114 e. The molecule has 3 nitrogen and oxygen atoms in total. The summed E-state index contributed by atoms with van der Waals surface area (Å²) >= 11 is 0. The molecule has 32 heavy (non-hydrogen) atoms. The minimum Gasteiger partial charge on any atom is -0.393 e. The van der Waals surface area contributed by atoms with Gasteiger partial charge in [-0.1, -0.05) is 47.5 Å². The Hall–Kier alpha value is -0.120. The highest BCUT2D eigenvalue weighted by Crippen LogP contribution is 2.74. The number of ether oxygens (including phenoxy) is 1. The molecule has 14 unspecified atom stereocenters. The van der Waals surface area contributed by atoms with Crippen molar-refractivity contribution in [1.29, 1.82) is 0 Å². The molecule has 0 aromatic carbocycles. The molecule has 5 saturated carbocycles. The van der Waals surface area contributed by atoms with Crippen LogP contribution in [0.3, 0.4) is 0 Å². The summed E-state index contributed by atoms with van der Waals surface area (Å²) in [5.74, 6) is 6.09. The van der Waals surface area contributed by atoms with E-state index in [4.69, 9.17) is 4.74 Å². The molecule has 6 aliphatic rings. The first-order valence-corrected chi connectivity index (χ1v) is 14.2. The van der Waals surface area contributed by atoms with Gasteiger partial charge < -0.3 is 14.9 Å². The third-order valence-corrected chi connectivity index (χ3v) is 12.8. The molecule has 0 amide bonds. The zero-order valence-corrected chi connectivity index (χ0v) is 21.2. The second-order valence-electron chi connectivity index (χ2n) is 14.2. The van der Waals surface area contributed by atoms with Crippen LogP contribution >= 0.6 is 0 Å². The quantitative estimate of drug-likeness (QED) is 0.526. The average Bonchev–Trinajstić information content (AvgIpc) is 3.63. The van der Waals surface area contributed by atoms with Gasteiger partial charge in [-0.3, -0.25) is 0 Å². The van der Waals surface area contributed by atoms with Crippen molar-refractivity contribution in [2.75, 3.05) is 0 Å². The van der Waals surface area contributed by atoms with Crippen LogP contribution in [0, 0.1) is 58.2 Å². The molecule has 14 atom stereocenters. The normalized spacial score (nSPS) is 59.9. The zero-order valence-electron chi connectivity index (χ0n) is 21.2. The first-order chi connectivity index (χ1) is 15.1. The van der Waals surface area contributed by atoms with E-state index in [1.165, 1.54) is 44.9 Å². The van der Waals surface area contributed by atoms with Crippen LogP contribution in [-0.2, 0) is 4.74 Å². The van der Waals surface area contributed by atoms with Crippen LogP contribution in [0.4, 0.5) is 0 Å². The molecule has 1 saturated heterocycles. The van der Waals surface area contributed by atoms with Gasteiger partial charge in [-0.15, -0.1) is 0 Å². The Labute approximate surface area is 196 Å². The summed E-state index contributed by atoms with van der Waals surface area (Å²) in [5.41, 5.74) is 0.291. The molecule has 6 fully saturated rings. The maximum atomic E-state index is 11.6. The predicted octanol–water partition coefficient (Wildman–Crippen LogP) is 5.82. The highest BCUT2D eigenvalue weighted by Gasteiger charge is 2.79. The fourth-order valence-electron chi connectivity index (χ4n) is 10.7. The Morgan fingerprint density at radius 2 is 1.66 bits per heavy atom. The predicted molar refractivity (Wildman–Crippen MR) is 127 cm³/mol. The molecule has 0 bridgehead atoms. The van der Waals surface area contributed by atoms with Crippen LogP contribution in [0.1, 0.15) is 98.8 Å². The minimum absolute atomic E-state index is 0.0242. The second kappa shape index (κ2) is 7.20. The molecule has 1 heterocycles. The maximum absolute atomic E-state index is 11.6. The van der Waals surface area contributed by atoms with E-state index in [1.54, 1.807) is 0 Å². The van der Waals surface area contributed by atoms with Gasteiger partial charge in [0, 0.05) is 11.8 Å². The summed E-state index contributed by atoms with van der Waals surface area (Å²) in [6.45, 7) is 12.5. The number of epoxide rings is 1. The molecule has 1 aliphatic heterocycles. The van der Waals surface area contributed by atoms with Crippen molar-refractivity contribution in [2.45, 2.75) is 123 Å². The van der Waals surface area contributed by atoms with Crippen LogP contribution in [0.15, 0.2) is 0 Å². The standard InChI is InChI=1S/C29H48O3/c1-16(20-14-18(20)3)6-7-17(2)21-8-9-22-24-23(11-12-27(21,22)4)28(5)13-10-19(30)15-29(28)26(32-29)25(24)31/h16-26,30-31H,6-15H2,1-5H3. The van der Waals surface area contributed by atoms with Gasteiger partial charge in [-0.2, -0.15) is 0 Å². The highest BCUT2D eigenvalue weighted by atomic mass is 16.6. The van der Waals surface area contributed by atoms with E-state index >= 15 is 0 Å². The van der Waals surface area contributed by atoms with E-state index in [0.717, 1.165) is 48.9 Å². The van der Waals surface area contributed by atoms with E-state index in [-0.39, 0.29) is 29.3 Å². The molecular weight excluding hydrogens is 396 g/mol. The van der Waals surface area contributed by atoms with Gasteiger partial charge in [0.1, 0.15) is 11.7 Å². The van der Waals surface area contributed by atoms with Crippen LogP contribution in [0.2, 0.25) is 0 Å². The summed E-state index contributed by atoms with van der Waals surface area (Å²) in [5, 5.41) is 22.0. The van der Waals surface area contributed by atoms with E-state index in [9.17, 15) is 10.2 Å². The third-order valence-electron chi connectivity index (χ3n) is 12.8. The first-order valence-electron chi connectivity index (χ1n) is 14.2. The SMILES string of the molecule is CC(CCC(C)C1CCC2C3C(O)C4OC45CC(O)CCC5(C)C3CCC12C)C1CC1C. The van der Waals surface area contributed by atoms with Gasteiger partial charge in [0.2, 0.25) is 0 Å². The molecule has 2 N–H and O–H groups in total. The molecule has 0 aromatic heterocycles. The summed E-state index contributed by atoms with van der Waals surface area (Å²) < 4.78 is 6.39. The van der Waals surface area contributed by atoms with Gasteiger partial charge in [0.25, 0.3) is 0 Å². The Kier molecular flexibility index (Phi) is 5.03. The van der Waals surface area contributed by atoms with Crippen LogP contribution in [0.25, 0.3) is 0 Å². The Bertz CT molecular complexity index is 753. The molecule has 1 spiro atoms. The van der Waals surface area contributed by atoms with E-state index in [0.29, 0.717) is 23.2 Å². The van der Waals surface area contributed by atoms with Gasteiger partial charge >= 0.3 is 0 Å².